The molecule has 0 fully saturated rings. The lowest BCUT2D eigenvalue weighted by atomic mass is 10.1. The molecular formula is C79H132O17P2. The second kappa shape index (κ2) is 70.6. The normalized spacial score (nSPS) is 14.7. The number of hydrogen-bond donors (Lipinski definition) is 3. The predicted molar refractivity (Wildman–Crippen MR) is 399 cm³/mol. The van der Waals surface area contributed by atoms with Crippen LogP contribution in [0.1, 0.15) is 285 Å². The summed E-state index contributed by atoms with van der Waals surface area (Å²) in [5.74, 6) is -2.26. The SMILES string of the molecule is CC/C=C\C/C=C\C/C=C\C/C=C\CCCCCCC(=O)OCC(COP(=O)(O)OCC(O)COP(=O)(O)OCC(COC(=O)CCCCCCC/C=C\C/C=C\CCC)OC(=O)CCCCCCC/C=C\CCCC)OC(=O)CCCCCC/C=C\C/C=C\C/C=C\C/C=C\CC. The monoisotopic (exact) mass is 1410 g/mol. The Kier molecular flexibility index (Phi) is 67.2. The van der Waals surface area contributed by atoms with Gasteiger partial charge in [0, 0.05) is 25.7 Å². The van der Waals surface area contributed by atoms with Crippen LogP contribution in [0.2, 0.25) is 0 Å². The van der Waals surface area contributed by atoms with Gasteiger partial charge >= 0.3 is 39.5 Å². The van der Waals surface area contributed by atoms with Gasteiger partial charge in [0.2, 0.25) is 0 Å². The largest absolute Gasteiger partial charge is 0.472 e. The van der Waals surface area contributed by atoms with Crippen molar-refractivity contribution in [3.63, 3.8) is 0 Å². The maximum absolute atomic E-state index is 13.1. The summed E-state index contributed by atoms with van der Waals surface area (Å²) in [6.07, 6.45) is 77.4. The van der Waals surface area contributed by atoms with Gasteiger partial charge in [-0.1, -0.05) is 245 Å². The lowest BCUT2D eigenvalue weighted by Gasteiger charge is -2.21. The van der Waals surface area contributed by atoms with Gasteiger partial charge in [-0.3, -0.25) is 37.3 Å². The molecule has 0 bridgehead atoms. The second-order valence-electron chi connectivity index (χ2n) is 24.5. The highest BCUT2D eigenvalue weighted by atomic mass is 31.2. The van der Waals surface area contributed by atoms with Crippen LogP contribution < -0.4 is 0 Å². The van der Waals surface area contributed by atoms with Crippen molar-refractivity contribution in [2.75, 3.05) is 39.6 Å². The Balaban J connectivity index is 5.40. The molecule has 5 atom stereocenters. The van der Waals surface area contributed by atoms with E-state index < -0.39 is 97.5 Å². The van der Waals surface area contributed by atoms with Crippen LogP contribution in [0.4, 0.5) is 0 Å². The summed E-state index contributed by atoms with van der Waals surface area (Å²) in [5.41, 5.74) is 0. The van der Waals surface area contributed by atoms with Crippen molar-refractivity contribution < 1.29 is 80.2 Å². The van der Waals surface area contributed by atoms with Crippen LogP contribution in [0, 0.1) is 0 Å². The average Bonchev–Trinajstić information content (AvgIpc) is 0.980. The number of esters is 4. The molecule has 0 aromatic carbocycles. The average molecular weight is 1420 g/mol. The first kappa shape index (κ1) is 93.2. The number of unbranched alkanes of at least 4 members (excludes halogenated alkanes) is 21. The fourth-order valence-corrected chi connectivity index (χ4v) is 11.0. The molecule has 0 aliphatic rings. The van der Waals surface area contributed by atoms with E-state index in [2.05, 4.69) is 161 Å². The quantitative estimate of drug-likeness (QED) is 0.0169. The summed E-state index contributed by atoms with van der Waals surface area (Å²) >= 11 is 0. The third kappa shape index (κ3) is 69.7. The van der Waals surface area contributed by atoms with Gasteiger partial charge in [0.25, 0.3) is 0 Å². The summed E-state index contributed by atoms with van der Waals surface area (Å²) in [5, 5.41) is 10.6. The van der Waals surface area contributed by atoms with Crippen LogP contribution in [0.3, 0.4) is 0 Å². The lowest BCUT2D eigenvalue weighted by molar-refractivity contribution is -0.161. The van der Waals surface area contributed by atoms with Crippen molar-refractivity contribution in [3.8, 4) is 0 Å². The number of rotatable bonds is 69. The van der Waals surface area contributed by atoms with Crippen LogP contribution in [-0.2, 0) is 65.4 Å². The summed E-state index contributed by atoms with van der Waals surface area (Å²) in [6, 6.07) is 0. The van der Waals surface area contributed by atoms with E-state index in [1.165, 1.54) is 12.8 Å². The Morgan fingerprint density at radius 3 is 0.867 bits per heavy atom. The number of allylic oxidation sites excluding steroid dienone is 22. The zero-order chi connectivity index (χ0) is 71.8. The summed E-state index contributed by atoms with van der Waals surface area (Å²) in [7, 11) is -9.97. The Morgan fingerprint density at radius 1 is 0.296 bits per heavy atom. The van der Waals surface area contributed by atoms with Gasteiger partial charge < -0.3 is 33.8 Å². The number of aliphatic hydroxyl groups excluding tert-OH is 1. The van der Waals surface area contributed by atoms with E-state index >= 15 is 0 Å². The molecule has 98 heavy (non-hydrogen) atoms. The number of phosphoric acid groups is 2. The Bertz CT molecular complexity index is 2380. The maximum Gasteiger partial charge on any atom is 0.472 e. The van der Waals surface area contributed by atoms with E-state index in [0.717, 1.165) is 193 Å². The lowest BCUT2D eigenvalue weighted by Crippen LogP contribution is -2.30. The van der Waals surface area contributed by atoms with Crippen molar-refractivity contribution >= 4 is 39.5 Å². The molecule has 0 radical (unpaired) electrons. The first-order valence-corrected chi connectivity index (χ1v) is 40.4. The van der Waals surface area contributed by atoms with E-state index in [1.807, 2.05) is 0 Å². The van der Waals surface area contributed by atoms with E-state index in [1.54, 1.807) is 0 Å². The number of phosphoric ester groups is 2. The van der Waals surface area contributed by atoms with E-state index in [-0.39, 0.29) is 25.7 Å². The number of carbonyl (C=O) groups is 4. The first-order valence-electron chi connectivity index (χ1n) is 37.4. The number of ether oxygens (including phenoxy) is 4. The third-order valence-electron chi connectivity index (χ3n) is 15.1. The summed E-state index contributed by atoms with van der Waals surface area (Å²) < 4.78 is 68.3. The fourth-order valence-electron chi connectivity index (χ4n) is 9.40. The van der Waals surface area contributed by atoms with Crippen molar-refractivity contribution in [3.05, 3.63) is 134 Å². The third-order valence-corrected chi connectivity index (χ3v) is 17.0. The van der Waals surface area contributed by atoms with Crippen LogP contribution in [0.25, 0.3) is 0 Å². The molecule has 0 aromatic rings. The maximum atomic E-state index is 13.1. The van der Waals surface area contributed by atoms with Gasteiger partial charge in [0.05, 0.1) is 26.4 Å². The number of hydrogen-bond acceptors (Lipinski definition) is 15. The highest BCUT2D eigenvalue weighted by Gasteiger charge is 2.30. The highest BCUT2D eigenvalue weighted by Crippen LogP contribution is 2.45. The van der Waals surface area contributed by atoms with Gasteiger partial charge in [-0.25, -0.2) is 9.13 Å². The molecule has 0 aromatic heterocycles. The van der Waals surface area contributed by atoms with Gasteiger partial charge in [0.15, 0.2) is 12.2 Å². The zero-order valence-electron chi connectivity index (χ0n) is 60.9. The molecule has 0 saturated carbocycles. The molecule has 0 heterocycles. The van der Waals surface area contributed by atoms with E-state index in [0.29, 0.717) is 25.7 Å². The molecule has 0 aliphatic heterocycles. The smallest absolute Gasteiger partial charge is 0.462 e. The predicted octanol–water partition coefficient (Wildman–Crippen LogP) is 21.3. The highest BCUT2D eigenvalue weighted by molar-refractivity contribution is 7.47. The van der Waals surface area contributed by atoms with E-state index in [9.17, 15) is 43.2 Å². The Morgan fingerprint density at radius 2 is 0.551 bits per heavy atom. The minimum absolute atomic E-state index is 0.0572. The van der Waals surface area contributed by atoms with Crippen LogP contribution in [0.5, 0.6) is 0 Å². The number of aliphatic hydroxyl groups is 1. The van der Waals surface area contributed by atoms with Crippen LogP contribution in [-0.4, -0.2) is 96.7 Å². The van der Waals surface area contributed by atoms with Gasteiger partial charge in [0.1, 0.15) is 19.3 Å². The van der Waals surface area contributed by atoms with Crippen molar-refractivity contribution in [2.45, 2.75) is 303 Å². The molecular weight excluding hydrogens is 1280 g/mol. The molecule has 5 unspecified atom stereocenters. The standard InChI is InChI=1S/C79H132O17P2/c1-5-9-13-17-21-25-29-32-34-36-38-41-45-48-52-56-60-64-77(82)90-70-75(96-79(84)66-62-58-54-50-46-42-39-37-35-33-30-26-22-18-14-10-6-2)72-94-98(87,88)92-68-73(80)67-91-97(85,86)93-71-74(95-78(83)65-61-57-53-49-43-28-24-20-16-12-8-4)69-89-76(81)63-59-55-51-47-44-40-31-27-23-19-15-11-7-3/h9-10,13-15,19-22,24-27,31-35,38-39,41-42,73-75,80H,5-8,11-12,16-18,23,28-30,36-37,40,43-72H2,1-4H3,(H,85,86)(H,87,88)/b13-9-,14-10-,19-15-,24-20-,25-21-,26-22-,31-27-,34-32-,35-33-,41-38-,42-39-. The van der Waals surface area contributed by atoms with Gasteiger partial charge in [-0.05, 0) is 148 Å². The Labute approximate surface area is 593 Å². The van der Waals surface area contributed by atoms with Crippen molar-refractivity contribution in [2.24, 2.45) is 0 Å². The zero-order valence-corrected chi connectivity index (χ0v) is 62.7. The number of carbonyl (C=O) groups excluding carboxylic acids is 4. The van der Waals surface area contributed by atoms with Gasteiger partial charge in [-0.2, -0.15) is 0 Å². The molecule has 0 spiro atoms. The molecule has 0 aliphatic carbocycles. The molecule has 17 nitrogen and oxygen atoms in total. The summed E-state index contributed by atoms with van der Waals surface area (Å²) in [6.45, 7) is 4.44. The molecule has 560 valence electrons. The fraction of sp³-hybridized carbons (Fsp3) is 0.671. The van der Waals surface area contributed by atoms with Crippen LogP contribution in [0.15, 0.2) is 134 Å². The molecule has 19 heteroatoms. The molecule has 0 amide bonds. The minimum atomic E-state index is -4.99. The molecule has 0 saturated heterocycles. The first-order chi connectivity index (χ1) is 47.7. The van der Waals surface area contributed by atoms with Crippen LogP contribution >= 0.6 is 15.6 Å². The topological polar surface area (TPSA) is 237 Å². The van der Waals surface area contributed by atoms with Crippen molar-refractivity contribution in [1.82, 2.24) is 0 Å². The second-order valence-corrected chi connectivity index (χ2v) is 27.4. The van der Waals surface area contributed by atoms with E-state index in [4.69, 9.17) is 37.0 Å². The molecule has 0 rings (SSSR count). The minimum Gasteiger partial charge on any atom is -0.462 e. The summed E-state index contributed by atoms with van der Waals surface area (Å²) in [4.78, 5) is 72.8. The molecule has 3 N–H and O–H groups in total. The van der Waals surface area contributed by atoms with Crippen molar-refractivity contribution in [1.29, 1.82) is 0 Å². The van der Waals surface area contributed by atoms with Gasteiger partial charge in [-0.15, -0.1) is 0 Å². The Hall–Kier alpha value is -4.80.